The molecule has 0 saturated carbocycles. The first-order valence-corrected chi connectivity index (χ1v) is 16.7. The molecule has 0 radical (unpaired) electrons. The van der Waals surface area contributed by atoms with Gasteiger partial charge in [-0.05, 0) is 71.6 Å². The fourth-order valence-corrected chi connectivity index (χ4v) is 5.55. The second kappa shape index (κ2) is 17.7. The van der Waals surface area contributed by atoms with Crippen LogP contribution in [-0.2, 0) is 29.2 Å². The molecule has 0 fully saturated rings. The van der Waals surface area contributed by atoms with Gasteiger partial charge in [-0.15, -0.1) is 0 Å². The lowest BCUT2D eigenvalue weighted by atomic mass is 9.98. The quantitative estimate of drug-likeness (QED) is 0.0684. The Morgan fingerprint density at radius 3 is 1.50 bits per heavy atom. The Labute approximate surface area is 296 Å². The molecule has 0 saturated heterocycles. The van der Waals surface area contributed by atoms with Crippen molar-refractivity contribution in [3.05, 3.63) is 164 Å². The maximum Gasteiger partial charge on any atom is 0.253 e. The summed E-state index contributed by atoms with van der Waals surface area (Å²) in [6, 6.07) is 39.7. The third kappa shape index (κ3) is 10.5. The summed E-state index contributed by atoms with van der Waals surface area (Å²) in [5.74, 6) is -1.05. The van der Waals surface area contributed by atoms with E-state index >= 15 is 0 Å². The zero-order chi connectivity index (χ0) is 33.6. The smallest absolute Gasteiger partial charge is 0.253 e. The molecule has 5 rings (SSSR count). The van der Waals surface area contributed by atoms with Crippen LogP contribution in [0.1, 0.15) is 27.8 Å². The number of hydrogen-bond donors (Lipinski definition) is 2. The van der Waals surface area contributed by atoms with Gasteiger partial charge in [0.1, 0.15) is 30.6 Å². The van der Waals surface area contributed by atoms with Crippen molar-refractivity contribution < 1.29 is 19.1 Å². The van der Waals surface area contributed by atoms with Crippen LogP contribution in [0, 0.1) is 5.92 Å². The van der Waals surface area contributed by atoms with Gasteiger partial charge in [0.2, 0.25) is 0 Å². The van der Waals surface area contributed by atoms with E-state index in [0.717, 1.165) is 25.6 Å². The number of rotatable bonds is 14. The molecule has 5 aromatic rings. The molecule has 0 aromatic heterocycles. The van der Waals surface area contributed by atoms with Crippen LogP contribution >= 0.6 is 31.9 Å². The molecule has 0 atom stereocenters. The van der Waals surface area contributed by atoms with Crippen molar-refractivity contribution in [3.8, 4) is 11.5 Å². The average molecular weight is 769 g/mol. The highest BCUT2D eigenvalue weighted by Gasteiger charge is 2.27. The summed E-state index contributed by atoms with van der Waals surface area (Å²) < 4.78 is 14.0. The van der Waals surface area contributed by atoms with Gasteiger partial charge in [-0.25, -0.2) is 10.9 Å². The molecule has 48 heavy (non-hydrogen) atoms. The van der Waals surface area contributed by atoms with Gasteiger partial charge in [-0.2, -0.15) is 10.2 Å². The largest absolute Gasteiger partial charge is 0.488 e. The second-order valence-corrected chi connectivity index (χ2v) is 12.5. The molecule has 0 aliphatic heterocycles. The Balaban J connectivity index is 1.23. The number of hydrazone groups is 2. The lowest BCUT2D eigenvalue weighted by Crippen LogP contribution is -2.39. The minimum atomic E-state index is -1.10. The van der Waals surface area contributed by atoms with Crippen molar-refractivity contribution in [2.75, 3.05) is 0 Å². The van der Waals surface area contributed by atoms with E-state index in [1.54, 1.807) is 0 Å². The van der Waals surface area contributed by atoms with E-state index in [1.807, 2.05) is 127 Å². The topological polar surface area (TPSA) is 101 Å². The summed E-state index contributed by atoms with van der Waals surface area (Å²) in [7, 11) is 0. The van der Waals surface area contributed by atoms with Crippen LogP contribution in [-0.4, -0.2) is 24.2 Å². The van der Waals surface area contributed by atoms with Crippen molar-refractivity contribution in [1.29, 1.82) is 0 Å². The number of nitrogens with zero attached hydrogens (tertiary/aromatic N) is 2. The van der Waals surface area contributed by atoms with E-state index in [9.17, 15) is 9.59 Å². The highest BCUT2D eigenvalue weighted by atomic mass is 79.9. The average Bonchev–Trinajstić information content (AvgIpc) is 3.10. The van der Waals surface area contributed by atoms with Crippen LogP contribution < -0.4 is 20.3 Å². The van der Waals surface area contributed by atoms with E-state index in [1.165, 1.54) is 12.4 Å². The van der Waals surface area contributed by atoms with Crippen LogP contribution in [0.15, 0.2) is 147 Å². The monoisotopic (exact) mass is 766 g/mol. The minimum Gasteiger partial charge on any atom is -0.488 e. The van der Waals surface area contributed by atoms with Crippen molar-refractivity contribution in [2.45, 2.75) is 19.6 Å². The van der Waals surface area contributed by atoms with Crippen LogP contribution in [0.4, 0.5) is 0 Å². The number of amides is 2. The number of nitrogens with one attached hydrogen (secondary N) is 2. The lowest BCUT2D eigenvalue weighted by Gasteiger charge is -2.14. The molecule has 242 valence electrons. The van der Waals surface area contributed by atoms with Gasteiger partial charge in [-0.1, -0.05) is 111 Å². The highest BCUT2D eigenvalue weighted by molar-refractivity contribution is 9.10. The molecule has 2 amide bonds. The van der Waals surface area contributed by atoms with Gasteiger partial charge in [0, 0.05) is 20.1 Å². The maximum absolute atomic E-state index is 13.3. The van der Waals surface area contributed by atoms with E-state index in [2.05, 4.69) is 52.9 Å². The van der Waals surface area contributed by atoms with Gasteiger partial charge in [0.25, 0.3) is 11.8 Å². The van der Waals surface area contributed by atoms with Crippen molar-refractivity contribution in [1.82, 2.24) is 10.9 Å². The normalized spacial score (nSPS) is 11.1. The summed E-state index contributed by atoms with van der Waals surface area (Å²) in [4.78, 5) is 26.7. The fourth-order valence-electron chi connectivity index (χ4n) is 4.65. The van der Waals surface area contributed by atoms with E-state index < -0.39 is 17.7 Å². The predicted molar refractivity (Wildman–Crippen MR) is 195 cm³/mol. The first kappa shape index (κ1) is 34.3. The number of halogens is 2. The summed E-state index contributed by atoms with van der Waals surface area (Å²) in [5.41, 5.74) is 9.21. The SMILES string of the molecule is O=C(N/N=C\c1ccccc1OCc1cccc(Br)c1)C(Cc1ccccc1)C(=O)N/N=C\c1ccccc1OCc1cccc(Br)c1. The summed E-state index contributed by atoms with van der Waals surface area (Å²) in [6.07, 6.45) is 3.14. The predicted octanol–water partition coefficient (Wildman–Crippen LogP) is 7.83. The number of benzene rings is 5. The fraction of sp³-hybridized carbons (Fsp3) is 0.105. The number of carbonyl (C=O) groups excluding carboxylic acids is 2. The summed E-state index contributed by atoms with van der Waals surface area (Å²) in [5, 5.41) is 8.31. The van der Waals surface area contributed by atoms with Gasteiger partial charge >= 0.3 is 0 Å². The molecular weight excluding hydrogens is 736 g/mol. The standard InChI is InChI=1S/C38H32Br2N4O4/c39-32-16-8-12-28(20-32)25-47-35-18-6-4-14-30(35)23-41-43-37(45)34(22-27-10-2-1-3-11-27)38(46)44-42-24-31-15-5-7-19-36(31)48-26-29-13-9-17-33(40)21-29/h1-21,23-24,34H,22,25-26H2,(H,43,45)(H,44,46)/b41-23-,42-24-. The number of ether oxygens (including phenoxy) is 2. The molecule has 5 aromatic carbocycles. The second-order valence-electron chi connectivity index (χ2n) is 10.6. The first-order valence-electron chi connectivity index (χ1n) is 15.1. The van der Waals surface area contributed by atoms with E-state index in [-0.39, 0.29) is 6.42 Å². The van der Waals surface area contributed by atoms with E-state index in [4.69, 9.17) is 9.47 Å². The summed E-state index contributed by atoms with van der Waals surface area (Å²) >= 11 is 6.95. The molecule has 0 bridgehead atoms. The minimum absolute atomic E-state index is 0.155. The van der Waals surface area contributed by atoms with Crippen LogP contribution in [0.25, 0.3) is 0 Å². The number of carbonyl (C=O) groups is 2. The Bertz CT molecular complexity index is 1780. The Morgan fingerprint density at radius 1 is 0.583 bits per heavy atom. The Kier molecular flexibility index (Phi) is 12.7. The lowest BCUT2D eigenvalue weighted by molar-refractivity contribution is -0.135. The third-order valence-electron chi connectivity index (χ3n) is 7.08. The molecule has 0 aliphatic rings. The molecule has 0 heterocycles. The third-order valence-corrected chi connectivity index (χ3v) is 8.06. The van der Waals surface area contributed by atoms with Crippen molar-refractivity contribution in [2.24, 2.45) is 16.1 Å². The highest BCUT2D eigenvalue weighted by Crippen LogP contribution is 2.21. The molecule has 0 spiro atoms. The number of hydrogen-bond acceptors (Lipinski definition) is 6. The zero-order valence-electron chi connectivity index (χ0n) is 25.8. The molecule has 0 aliphatic carbocycles. The van der Waals surface area contributed by atoms with Gasteiger partial charge in [0.05, 0.1) is 12.4 Å². The first-order chi connectivity index (χ1) is 23.4. The van der Waals surface area contributed by atoms with E-state index in [0.29, 0.717) is 35.8 Å². The molecular formula is C38H32Br2N4O4. The zero-order valence-corrected chi connectivity index (χ0v) is 28.9. The van der Waals surface area contributed by atoms with Crippen LogP contribution in [0.3, 0.4) is 0 Å². The van der Waals surface area contributed by atoms with Gasteiger partial charge < -0.3 is 9.47 Å². The molecule has 10 heteroatoms. The molecule has 2 N–H and O–H groups in total. The van der Waals surface area contributed by atoms with Crippen LogP contribution in [0.2, 0.25) is 0 Å². The molecule has 0 unspecified atom stereocenters. The van der Waals surface area contributed by atoms with Gasteiger partial charge in [-0.3, -0.25) is 9.59 Å². The van der Waals surface area contributed by atoms with Crippen molar-refractivity contribution >= 4 is 56.1 Å². The Morgan fingerprint density at radius 2 is 1.02 bits per heavy atom. The van der Waals surface area contributed by atoms with Crippen LogP contribution in [0.5, 0.6) is 11.5 Å². The number of para-hydroxylation sites is 2. The van der Waals surface area contributed by atoms with Crippen molar-refractivity contribution in [3.63, 3.8) is 0 Å². The maximum atomic E-state index is 13.3. The Hall–Kier alpha value is -5.06. The van der Waals surface area contributed by atoms with Gasteiger partial charge in [0.15, 0.2) is 0 Å². The summed E-state index contributed by atoms with van der Waals surface area (Å²) in [6.45, 7) is 0.718. The molecule has 8 nitrogen and oxygen atoms in total.